The van der Waals surface area contributed by atoms with Crippen LogP contribution in [0.2, 0.25) is 10.0 Å². The van der Waals surface area contributed by atoms with Gasteiger partial charge in [0, 0.05) is 20.5 Å². The van der Waals surface area contributed by atoms with Crippen molar-refractivity contribution in [3.8, 4) is 0 Å². The van der Waals surface area contributed by atoms with Crippen molar-refractivity contribution in [2.24, 2.45) is 4.99 Å². The Morgan fingerprint density at radius 1 is 0.806 bits per heavy atom. The monoisotopic (exact) mass is 461 g/mol. The van der Waals surface area contributed by atoms with Crippen LogP contribution < -0.4 is 0 Å². The molecule has 0 radical (unpaired) electrons. The van der Waals surface area contributed by atoms with E-state index in [4.69, 9.17) is 28.2 Å². The number of nitrogens with zero attached hydrogens (tertiary/aromatic N) is 1. The third-order valence-corrected chi connectivity index (χ3v) is 6.39. The van der Waals surface area contributed by atoms with Gasteiger partial charge in [0.15, 0.2) is 0 Å². The number of thioether (sulfide) groups is 1. The van der Waals surface area contributed by atoms with Crippen molar-refractivity contribution in [2.75, 3.05) is 0 Å². The zero-order valence-corrected chi connectivity index (χ0v) is 19.6. The summed E-state index contributed by atoms with van der Waals surface area (Å²) < 4.78 is 0. The molecule has 0 amide bonds. The van der Waals surface area contributed by atoms with Crippen molar-refractivity contribution in [1.82, 2.24) is 0 Å². The molecule has 0 aliphatic carbocycles. The fraction of sp³-hybridized carbons (Fsp3) is 0.0741. The van der Waals surface area contributed by atoms with E-state index in [9.17, 15) is 0 Å². The standard InChI is InChI=1S/C27H21Cl2NS/c1-18-10-11-24(14-19(18)2)30-26(21-15-22(28)17-23(29)16-21)12-13-31-27-9-5-7-20-6-3-4-8-25(20)27/h3-17H,1-2H3. The Hall–Kier alpha value is -2.52. The maximum Gasteiger partial charge on any atom is 0.0715 e. The van der Waals surface area contributed by atoms with E-state index in [-0.39, 0.29) is 0 Å². The highest BCUT2D eigenvalue weighted by Crippen LogP contribution is 2.29. The first-order valence-electron chi connectivity index (χ1n) is 9.93. The molecule has 4 heteroatoms. The van der Waals surface area contributed by atoms with Crippen LogP contribution in [0.1, 0.15) is 16.7 Å². The minimum Gasteiger partial charge on any atom is -0.248 e. The third kappa shape index (κ3) is 5.40. The van der Waals surface area contributed by atoms with Gasteiger partial charge in [0.25, 0.3) is 0 Å². The van der Waals surface area contributed by atoms with Crippen LogP contribution in [0.15, 0.2) is 100 Å². The highest BCUT2D eigenvalue weighted by Gasteiger charge is 2.06. The second kappa shape index (κ2) is 9.74. The number of hydrogen-bond acceptors (Lipinski definition) is 2. The summed E-state index contributed by atoms with van der Waals surface area (Å²) in [4.78, 5) is 6.10. The lowest BCUT2D eigenvalue weighted by atomic mass is 10.1. The van der Waals surface area contributed by atoms with E-state index in [0.29, 0.717) is 10.0 Å². The van der Waals surface area contributed by atoms with E-state index < -0.39 is 0 Å². The highest BCUT2D eigenvalue weighted by atomic mass is 35.5. The first kappa shape index (κ1) is 21.7. The molecule has 0 aliphatic rings. The van der Waals surface area contributed by atoms with Crippen molar-refractivity contribution in [1.29, 1.82) is 0 Å². The number of rotatable bonds is 5. The van der Waals surface area contributed by atoms with E-state index in [1.165, 1.54) is 26.8 Å². The summed E-state index contributed by atoms with van der Waals surface area (Å²) in [5.41, 5.74) is 5.03. The molecule has 0 saturated heterocycles. The predicted octanol–water partition coefficient (Wildman–Crippen LogP) is 9.19. The molecule has 31 heavy (non-hydrogen) atoms. The molecule has 0 spiro atoms. The van der Waals surface area contributed by atoms with Gasteiger partial charge in [-0.15, -0.1) is 0 Å². The average molecular weight is 462 g/mol. The Balaban J connectivity index is 1.71. The second-order valence-electron chi connectivity index (χ2n) is 7.32. The number of halogens is 2. The minimum absolute atomic E-state index is 0.588. The maximum absolute atomic E-state index is 6.27. The van der Waals surface area contributed by atoms with Gasteiger partial charge >= 0.3 is 0 Å². The smallest absolute Gasteiger partial charge is 0.0715 e. The molecule has 4 aromatic rings. The Morgan fingerprint density at radius 2 is 1.55 bits per heavy atom. The van der Waals surface area contributed by atoms with Gasteiger partial charge in [0.2, 0.25) is 0 Å². The Morgan fingerprint density at radius 3 is 2.32 bits per heavy atom. The van der Waals surface area contributed by atoms with Gasteiger partial charge in [-0.1, -0.05) is 77.4 Å². The van der Waals surface area contributed by atoms with E-state index in [1.807, 2.05) is 24.3 Å². The molecular formula is C27H21Cl2NS. The summed E-state index contributed by atoms with van der Waals surface area (Å²) in [7, 11) is 0. The van der Waals surface area contributed by atoms with E-state index in [0.717, 1.165) is 17.0 Å². The van der Waals surface area contributed by atoms with E-state index >= 15 is 0 Å². The van der Waals surface area contributed by atoms with Gasteiger partial charge in [-0.05, 0) is 83.6 Å². The lowest BCUT2D eigenvalue weighted by molar-refractivity contribution is 1.32. The first-order chi connectivity index (χ1) is 15.0. The van der Waals surface area contributed by atoms with Gasteiger partial charge < -0.3 is 0 Å². The molecule has 0 aliphatic heterocycles. The maximum atomic E-state index is 6.27. The molecule has 0 aromatic heterocycles. The van der Waals surface area contributed by atoms with Crippen LogP contribution in [0, 0.1) is 13.8 Å². The van der Waals surface area contributed by atoms with Crippen LogP contribution in [0.4, 0.5) is 5.69 Å². The van der Waals surface area contributed by atoms with Crippen molar-refractivity contribution in [3.63, 3.8) is 0 Å². The number of aryl methyl sites for hydroxylation is 2. The summed E-state index contributed by atoms with van der Waals surface area (Å²) in [5, 5.41) is 5.71. The van der Waals surface area contributed by atoms with Gasteiger partial charge in [0.05, 0.1) is 11.4 Å². The third-order valence-electron chi connectivity index (χ3n) is 5.07. The van der Waals surface area contributed by atoms with Crippen LogP contribution in [0.3, 0.4) is 0 Å². The number of benzene rings is 4. The molecule has 0 N–H and O–H groups in total. The van der Waals surface area contributed by atoms with Crippen molar-refractivity contribution >= 4 is 57.1 Å². The van der Waals surface area contributed by atoms with Gasteiger partial charge in [-0.2, -0.15) is 0 Å². The summed E-state index contributed by atoms with van der Waals surface area (Å²) in [6.45, 7) is 4.19. The van der Waals surface area contributed by atoms with Crippen LogP contribution in [-0.2, 0) is 0 Å². The highest BCUT2D eigenvalue weighted by molar-refractivity contribution is 8.02. The van der Waals surface area contributed by atoms with E-state index in [2.05, 4.69) is 73.9 Å². The van der Waals surface area contributed by atoms with Crippen molar-refractivity contribution < 1.29 is 0 Å². The van der Waals surface area contributed by atoms with E-state index in [1.54, 1.807) is 17.8 Å². The predicted molar refractivity (Wildman–Crippen MR) is 138 cm³/mol. The van der Waals surface area contributed by atoms with Crippen LogP contribution >= 0.6 is 35.0 Å². The molecule has 0 atom stereocenters. The topological polar surface area (TPSA) is 12.4 Å². The van der Waals surface area contributed by atoms with Gasteiger partial charge in [-0.25, -0.2) is 4.99 Å². The number of hydrogen-bond donors (Lipinski definition) is 0. The van der Waals surface area contributed by atoms with Gasteiger partial charge in [0.1, 0.15) is 0 Å². The Kier molecular flexibility index (Phi) is 6.82. The Labute approximate surface area is 197 Å². The minimum atomic E-state index is 0.588. The summed E-state index contributed by atoms with van der Waals surface area (Å²) in [6, 6.07) is 26.5. The molecule has 154 valence electrons. The molecule has 0 heterocycles. The molecule has 4 rings (SSSR count). The Bertz CT molecular complexity index is 1280. The second-order valence-corrected chi connectivity index (χ2v) is 9.14. The zero-order chi connectivity index (χ0) is 21.8. The van der Waals surface area contributed by atoms with Crippen LogP contribution in [0.25, 0.3) is 10.8 Å². The quantitative estimate of drug-likeness (QED) is 0.213. The fourth-order valence-electron chi connectivity index (χ4n) is 3.30. The SMILES string of the molecule is Cc1ccc(N=C(C=CSc2cccc3ccccc23)c2cc(Cl)cc(Cl)c2)cc1C. The molecule has 1 nitrogen and oxygen atoms in total. The van der Waals surface area contributed by atoms with Crippen LogP contribution in [0.5, 0.6) is 0 Å². The molecule has 4 aromatic carbocycles. The lowest BCUT2D eigenvalue weighted by Crippen LogP contribution is -1.96. The van der Waals surface area contributed by atoms with Crippen molar-refractivity contribution in [3.05, 3.63) is 117 Å². The summed E-state index contributed by atoms with van der Waals surface area (Å²) in [6.07, 6.45) is 2.02. The van der Waals surface area contributed by atoms with Crippen molar-refractivity contribution in [2.45, 2.75) is 18.7 Å². The number of aliphatic imine (C=N–C) groups is 1. The van der Waals surface area contributed by atoms with Crippen LogP contribution in [-0.4, -0.2) is 5.71 Å². The normalized spacial score (nSPS) is 12.1. The summed E-state index contributed by atoms with van der Waals surface area (Å²) >= 11 is 14.2. The zero-order valence-electron chi connectivity index (χ0n) is 17.3. The molecule has 0 fully saturated rings. The molecular weight excluding hydrogens is 441 g/mol. The number of fused-ring (bicyclic) bond motifs is 1. The summed E-state index contributed by atoms with van der Waals surface area (Å²) in [5.74, 6) is 0. The molecule has 0 unspecified atom stereocenters. The first-order valence-corrected chi connectivity index (χ1v) is 11.6. The number of allylic oxidation sites excluding steroid dienone is 1. The average Bonchev–Trinajstić information content (AvgIpc) is 2.75. The molecule has 0 bridgehead atoms. The largest absolute Gasteiger partial charge is 0.248 e. The van der Waals surface area contributed by atoms with Gasteiger partial charge in [-0.3, -0.25) is 0 Å². The molecule has 0 saturated carbocycles. The fourth-order valence-corrected chi connectivity index (χ4v) is 4.64. The lowest BCUT2D eigenvalue weighted by Gasteiger charge is -2.07.